The minimum absolute atomic E-state index is 0.688. The molecule has 0 aliphatic carbocycles. The molecule has 0 aliphatic rings. The van der Waals surface area contributed by atoms with Gasteiger partial charge in [-0.1, -0.05) is 6.07 Å². The van der Waals surface area contributed by atoms with E-state index in [1.807, 2.05) is 55.6 Å². The quantitative estimate of drug-likeness (QED) is 0.744. The molecule has 0 bridgehead atoms. The first-order valence-corrected chi connectivity index (χ1v) is 6.71. The molecule has 4 nitrogen and oxygen atoms in total. The lowest BCUT2D eigenvalue weighted by Gasteiger charge is -2.22. The molecule has 1 aromatic heterocycles. The van der Waals surface area contributed by atoms with E-state index in [2.05, 4.69) is 9.88 Å². The zero-order valence-corrected chi connectivity index (χ0v) is 12.1. The molecule has 1 heterocycles. The van der Waals surface area contributed by atoms with Gasteiger partial charge in [0, 0.05) is 30.4 Å². The predicted molar refractivity (Wildman–Crippen MR) is 87.2 cm³/mol. The molecule has 0 saturated carbocycles. The van der Waals surface area contributed by atoms with Crippen LogP contribution in [-0.4, -0.2) is 19.1 Å². The zero-order valence-electron chi connectivity index (χ0n) is 12.1. The third-order valence-corrected chi connectivity index (χ3v) is 3.58. The summed E-state index contributed by atoms with van der Waals surface area (Å²) in [5, 5.41) is 1.03. The van der Waals surface area contributed by atoms with E-state index in [0.717, 1.165) is 28.0 Å². The number of ether oxygens (including phenoxy) is 1. The third-order valence-electron chi connectivity index (χ3n) is 3.58. The average Bonchev–Trinajstić information content (AvgIpc) is 2.55. The minimum Gasteiger partial charge on any atom is -0.497 e. The van der Waals surface area contributed by atoms with Gasteiger partial charge in [-0.3, -0.25) is 4.98 Å². The van der Waals surface area contributed by atoms with Crippen LogP contribution in [-0.2, 0) is 0 Å². The lowest BCUT2D eigenvalue weighted by molar-refractivity contribution is 0.415. The van der Waals surface area contributed by atoms with Crippen molar-refractivity contribution in [2.45, 2.75) is 0 Å². The number of fused-ring (bicyclic) bond motifs is 1. The largest absolute Gasteiger partial charge is 0.497 e. The Morgan fingerprint density at radius 2 is 1.95 bits per heavy atom. The molecule has 0 amide bonds. The van der Waals surface area contributed by atoms with E-state index in [9.17, 15) is 0 Å². The van der Waals surface area contributed by atoms with Gasteiger partial charge in [0.25, 0.3) is 0 Å². The van der Waals surface area contributed by atoms with Crippen molar-refractivity contribution in [1.29, 1.82) is 0 Å². The second-order valence-corrected chi connectivity index (χ2v) is 4.83. The van der Waals surface area contributed by atoms with Gasteiger partial charge in [-0.2, -0.15) is 0 Å². The summed E-state index contributed by atoms with van der Waals surface area (Å²) < 4.78 is 5.29. The molecule has 3 rings (SSSR count). The van der Waals surface area contributed by atoms with Crippen molar-refractivity contribution in [3.05, 3.63) is 54.7 Å². The van der Waals surface area contributed by atoms with Gasteiger partial charge in [0.05, 0.1) is 24.0 Å². The molecule has 0 fully saturated rings. The molecule has 0 unspecified atom stereocenters. The Balaban J connectivity index is 2.13. The molecule has 2 N–H and O–H groups in total. The number of pyridine rings is 1. The summed E-state index contributed by atoms with van der Waals surface area (Å²) >= 11 is 0. The number of nitrogens with zero attached hydrogens (tertiary/aromatic N) is 2. The van der Waals surface area contributed by atoms with E-state index in [0.29, 0.717) is 5.69 Å². The number of benzene rings is 2. The molecule has 0 atom stereocenters. The molecule has 21 heavy (non-hydrogen) atoms. The van der Waals surface area contributed by atoms with Crippen LogP contribution in [0.3, 0.4) is 0 Å². The van der Waals surface area contributed by atoms with Gasteiger partial charge < -0.3 is 15.4 Å². The van der Waals surface area contributed by atoms with Crippen LogP contribution in [0.25, 0.3) is 10.9 Å². The average molecular weight is 279 g/mol. The van der Waals surface area contributed by atoms with Crippen LogP contribution in [0, 0.1) is 0 Å². The van der Waals surface area contributed by atoms with Gasteiger partial charge >= 0.3 is 0 Å². The fourth-order valence-electron chi connectivity index (χ4n) is 2.43. The van der Waals surface area contributed by atoms with E-state index < -0.39 is 0 Å². The van der Waals surface area contributed by atoms with Crippen LogP contribution in [0.15, 0.2) is 54.7 Å². The molecule has 0 aliphatic heterocycles. The Hall–Kier alpha value is -2.75. The number of nitrogen functional groups attached to an aromatic ring is 1. The number of nitrogens with two attached hydrogens (primary N) is 1. The van der Waals surface area contributed by atoms with E-state index in [-0.39, 0.29) is 0 Å². The van der Waals surface area contributed by atoms with Crippen LogP contribution in [0.4, 0.5) is 17.1 Å². The Bertz CT molecular complexity index is 786. The highest BCUT2D eigenvalue weighted by atomic mass is 16.5. The molecule has 3 aromatic rings. The third kappa shape index (κ3) is 2.36. The Labute approximate surface area is 123 Å². The number of hydrogen-bond donors (Lipinski definition) is 1. The first-order valence-electron chi connectivity index (χ1n) is 6.71. The topological polar surface area (TPSA) is 51.4 Å². The fraction of sp³-hybridized carbons (Fsp3) is 0.118. The van der Waals surface area contributed by atoms with Crippen molar-refractivity contribution in [1.82, 2.24) is 4.98 Å². The highest BCUT2D eigenvalue weighted by Gasteiger charge is 2.11. The summed E-state index contributed by atoms with van der Waals surface area (Å²) in [5.74, 6) is 0.831. The Kier molecular flexibility index (Phi) is 3.36. The van der Waals surface area contributed by atoms with Gasteiger partial charge in [-0.25, -0.2) is 0 Å². The van der Waals surface area contributed by atoms with Crippen molar-refractivity contribution in [2.75, 3.05) is 24.8 Å². The Morgan fingerprint density at radius 1 is 1.10 bits per heavy atom. The Morgan fingerprint density at radius 3 is 2.76 bits per heavy atom. The molecule has 0 saturated heterocycles. The molecule has 106 valence electrons. The molecular weight excluding hydrogens is 262 g/mol. The zero-order chi connectivity index (χ0) is 14.8. The summed E-state index contributed by atoms with van der Waals surface area (Å²) in [5.41, 5.74) is 9.62. The summed E-state index contributed by atoms with van der Waals surface area (Å²) in [6.07, 6.45) is 1.76. The fourth-order valence-corrected chi connectivity index (χ4v) is 2.43. The summed E-state index contributed by atoms with van der Waals surface area (Å²) in [6.45, 7) is 0. The molecule has 0 radical (unpaired) electrons. The number of methoxy groups -OCH3 is 1. The molecule has 2 aromatic carbocycles. The van der Waals surface area contributed by atoms with Crippen LogP contribution in [0.2, 0.25) is 0 Å². The van der Waals surface area contributed by atoms with Gasteiger partial charge in [0.15, 0.2) is 0 Å². The maximum Gasteiger partial charge on any atom is 0.120 e. The number of rotatable bonds is 3. The number of hydrogen-bond acceptors (Lipinski definition) is 4. The number of aromatic nitrogens is 1. The second kappa shape index (κ2) is 5.32. The van der Waals surface area contributed by atoms with E-state index >= 15 is 0 Å². The normalized spacial score (nSPS) is 10.6. The summed E-state index contributed by atoms with van der Waals surface area (Å²) in [7, 11) is 3.69. The lowest BCUT2D eigenvalue weighted by atomic mass is 10.1. The van der Waals surface area contributed by atoms with Gasteiger partial charge in [0.2, 0.25) is 0 Å². The minimum atomic E-state index is 0.688. The highest BCUT2D eigenvalue weighted by molar-refractivity contribution is 5.99. The van der Waals surface area contributed by atoms with E-state index in [1.54, 1.807) is 13.3 Å². The smallest absolute Gasteiger partial charge is 0.120 e. The lowest BCUT2D eigenvalue weighted by Crippen LogP contribution is -2.10. The van der Waals surface area contributed by atoms with Crippen LogP contribution < -0.4 is 15.4 Å². The standard InChI is InChI=1S/C17H17N3O/c1-20(12-5-3-6-13(11-12)21-2)16-9-8-15(18)17-14(16)7-4-10-19-17/h3-11H,18H2,1-2H3. The SMILES string of the molecule is COc1cccc(N(C)c2ccc(N)c3ncccc23)c1. The van der Waals surface area contributed by atoms with Crippen LogP contribution in [0.5, 0.6) is 5.75 Å². The molecular formula is C17H17N3O. The van der Waals surface area contributed by atoms with E-state index in [1.165, 1.54) is 0 Å². The van der Waals surface area contributed by atoms with Gasteiger partial charge in [0.1, 0.15) is 5.75 Å². The van der Waals surface area contributed by atoms with Crippen molar-refractivity contribution < 1.29 is 4.74 Å². The number of anilines is 3. The molecule has 0 spiro atoms. The van der Waals surface area contributed by atoms with Crippen molar-refractivity contribution >= 4 is 28.0 Å². The first kappa shape index (κ1) is 13.2. The highest BCUT2D eigenvalue weighted by Crippen LogP contribution is 2.33. The summed E-state index contributed by atoms with van der Waals surface area (Å²) in [6, 6.07) is 15.8. The van der Waals surface area contributed by atoms with Crippen molar-refractivity contribution in [3.63, 3.8) is 0 Å². The first-order chi connectivity index (χ1) is 10.2. The van der Waals surface area contributed by atoms with Crippen LogP contribution >= 0.6 is 0 Å². The predicted octanol–water partition coefficient (Wildman–Crippen LogP) is 3.59. The van der Waals surface area contributed by atoms with E-state index in [4.69, 9.17) is 10.5 Å². The summed E-state index contributed by atoms with van der Waals surface area (Å²) in [4.78, 5) is 6.48. The maximum atomic E-state index is 6.01. The monoisotopic (exact) mass is 279 g/mol. The van der Waals surface area contributed by atoms with Gasteiger partial charge in [-0.05, 0) is 36.4 Å². The second-order valence-electron chi connectivity index (χ2n) is 4.83. The van der Waals surface area contributed by atoms with Crippen molar-refractivity contribution in [3.8, 4) is 5.75 Å². The van der Waals surface area contributed by atoms with Gasteiger partial charge in [-0.15, -0.1) is 0 Å². The van der Waals surface area contributed by atoms with Crippen LogP contribution in [0.1, 0.15) is 0 Å². The van der Waals surface area contributed by atoms with Crippen molar-refractivity contribution in [2.24, 2.45) is 0 Å². The maximum absolute atomic E-state index is 6.01. The molecule has 4 heteroatoms.